The highest BCUT2D eigenvalue weighted by Crippen LogP contribution is 2.33. The Balaban J connectivity index is 1.58. The predicted molar refractivity (Wildman–Crippen MR) is 152 cm³/mol. The van der Waals surface area contributed by atoms with Crippen molar-refractivity contribution in [2.24, 2.45) is 0 Å². The van der Waals surface area contributed by atoms with Crippen LogP contribution in [0.5, 0.6) is 0 Å². The summed E-state index contributed by atoms with van der Waals surface area (Å²) in [5.74, 6) is 1.09. The van der Waals surface area contributed by atoms with Crippen molar-refractivity contribution in [2.75, 3.05) is 5.01 Å². The number of rotatable bonds is 9. The van der Waals surface area contributed by atoms with Gasteiger partial charge in [-0.2, -0.15) is 0 Å². The summed E-state index contributed by atoms with van der Waals surface area (Å²) in [5, 5.41) is 2.29. The van der Waals surface area contributed by atoms with Crippen LogP contribution in [0.1, 0.15) is 93.2 Å². The number of allylic oxidation sites excluding steroid dienone is 1. The predicted octanol–water partition coefficient (Wildman–Crippen LogP) is 8.94. The standard InChI is InChI=1S/C33H40N2/c1-6-7-8-26-12-21-32(22-13-26)35-33(30-18-16-29(17-19-30)25(4)5)23-31(34-35)20-11-27-9-14-28(15-10-27)24(2)3/h9-25,33-34H,6-8H2,1-5H3. The molecular weight excluding hydrogens is 424 g/mol. The fraction of sp³-hybridized carbons (Fsp3) is 0.333. The van der Waals surface area contributed by atoms with Gasteiger partial charge in [0.2, 0.25) is 0 Å². The number of anilines is 1. The number of aryl methyl sites for hydroxylation is 1. The molecule has 182 valence electrons. The van der Waals surface area contributed by atoms with Gasteiger partial charge in [-0.25, -0.2) is 0 Å². The zero-order chi connectivity index (χ0) is 24.8. The van der Waals surface area contributed by atoms with Gasteiger partial charge in [-0.15, -0.1) is 0 Å². The number of unbranched alkanes of at least 4 members (excludes halogenated alkanes) is 1. The molecule has 1 aliphatic heterocycles. The van der Waals surface area contributed by atoms with Crippen LogP contribution in [-0.4, -0.2) is 0 Å². The van der Waals surface area contributed by atoms with E-state index in [1.54, 1.807) is 0 Å². The second kappa shape index (κ2) is 11.4. The lowest BCUT2D eigenvalue weighted by molar-refractivity contribution is 0.708. The second-order valence-electron chi connectivity index (χ2n) is 10.3. The number of hydrogen-bond donors (Lipinski definition) is 1. The summed E-state index contributed by atoms with van der Waals surface area (Å²) >= 11 is 0. The van der Waals surface area contributed by atoms with Gasteiger partial charge in [-0.3, -0.25) is 10.4 Å². The lowest BCUT2D eigenvalue weighted by Crippen LogP contribution is -2.34. The van der Waals surface area contributed by atoms with Crippen LogP contribution in [0.3, 0.4) is 0 Å². The van der Waals surface area contributed by atoms with E-state index in [4.69, 9.17) is 0 Å². The van der Waals surface area contributed by atoms with Crippen LogP contribution < -0.4 is 10.4 Å². The van der Waals surface area contributed by atoms with E-state index >= 15 is 0 Å². The first-order valence-corrected chi connectivity index (χ1v) is 13.2. The van der Waals surface area contributed by atoms with Gasteiger partial charge in [0, 0.05) is 0 Å². The van der Waals surface area contributed by atoms with Crippen LogP contribution in [0.2, 0.25) is 0 Å². The average Bonchev–Trinajstić information content (AvgIpc) is 3.31. The monoisotopic (exact) mass is 464 g/mol. The molecule has 3 aromatic carbocycles. The summed E-state index contributed by atoms with van der Waals surface area (Å²) in [7, 11) is 0. The molecule has 3 aromatic rings. The first kappa shape index (κ1) is 24.9. The zero-order valence-corrected chi connectivity index (χ0v) is 22.0. The van der Waals surface area contributed by atoms with Crippen LogP contribution in [0, 0.1) is 0 Å². The van der Waals surface area contributed by atoms with Gasteiger partial charge in [0.05, 0.1) is 17.4 Å². The summed E-state index contributed by atoms with van der Waals surface area (Å²) in [5.41, 5.74) is 12.6. The topological polar surface area (TPSA) is 15.3 Å². The largest absolute Gasteiger partial charge is 0.298 e. The van der Waals surface area contributed by atoms with Crippen LogP contribution in [0.15, 0.2) is 90.6 Å². The third-order valence-electron chi connectivity index (χ3n) is 6.90. The maximum absolute atomic E-state index is 3.66. The highest BCUT2D eigenvalue weighted by atomic mass is 15.5. The highest BCUT2D eigenvalue weighted by Gasteiger charge is 2.25. The van der Waals surface area contributed by atoms with Crippen molar-refractivity contribution in [3.05, 3.63) is 118 Å². The molecule has 1 unspecified atom stereocenters. The van der Waals surface area contributed by atoms with E-state index in [0.29, 0.717) is 11.8 Å². The summed E-state index contributed by atoms with van der Waals surface area (Å²) in [6, 6.07) is 27.1. The summed E-state index contributed by atoms with van der Waals surface area (Å²) in [4.78, 5) is 0. The van der Waals surface area contributed by atoms with Crippen LogP contribution >= 0.6 is 0 Å². The Labute approximate surface area is 212 Å². The van der Waals surface area contributed by atoms with Crippen molar-refractivity contribution in [2.45, 2.75) is 71.8 Å². The Morgan fingerprint density at radius 3 is 1.94 bits per heavy atom. The van der Waals surface area contributed by atoms with E-state index in [-0.39, 0.29) is 6.04 Å². The summed E-state index contributed by atoms with van der Waals surface area (Å²) in [6.07, 6.45) is 10.3. The van der Waals surface area contributed by atoms with Crippen molar-refractivity contribution < 1.29 is 0 Å². The molecule has 2 nitrogen and oxygen atoms in total. The molecule has 0 aliphatic carbocycles. The van der Waals surface area contributed by atoms with E-state index in [1.165, 1.54) is 46.3 Å². The minimum absolute atomic E-state index is 0.140. The number of hydrogen-bond acceptors (Lipinski definition) is 2. The maximum Gasteiger partial charge on any atom is 0.0958 e. The molecule has 0 aromatic heterocycles. The van der Waals surface area contributed by atoms with Crippen molar-refractivity contribution in [1.82, 2.24) is 5.43 Å². The molecule has 0 saturated heterocycles. The van der Waals surface area contributed by atoms with Gasteiger partial charge in [0.25, 0.3) is 0 Å². The van der Waals surface area contributed by atoms with Crippen LogP contribution in [-0.2, 0) is 6.42 Å². The van der Waals surface area contributed by atoms with E-state index in [2.05, 4.69) is 136 Å². The first-order valence-electron chi connectivity index (χ1n) is 13.2. The molecule has 0 saturated carbocycles. The molecule has 1 heterocycles. The Bertz CT molecular complexity index is 1130. The zero-order valence-electron chi connectivity index (χ0n) is 22.0. The molecule has 0 bridgehead atoms. The van der Waals surface area contributed by atoms with Crippen LogP contribution in [0.25, 0.3) is 6.08 Å². The number of benzene rings is 3. The van der Waals surface area contributed by atoms with Gasteiger partial charge in [0.1, 0.15) is 0 Å². The van der Waals surface area contributed by atoms with E-state index in [9.17, 15) is 0 Å². The molecule has 0 radical (unpaired) electrons. The smallest absolute Gasteiger partial charge is 0.0958 e. The maximum atomic E-state index is 3.66. The van der Waals surface area contributed by atoms with E-state index in [0.717, 1.165) is 12.1 Å². The van der Waals surface area contributed by atoms with Gasteiger partial charge < -0.3 is 0 Å². The summed E-state index contributed by atoms with van der Waals surface area (Å²) in [6.45, 7) is 11.2. The normalized spacial score (nSPS) is 15.8. The SMILES string of the molecule is CCCCc1ccc(N2NC(C=Cc3ccc(C(C)C)cc3)=CC2c2ccc(C(C)C)cc2)cc1. The van der Waals surface area contributed by atoms with Crippen molar-refractivity contribution >= 4 is 11.8 Å². The molecule has 0 amide bonds. The Morgan fingerprint density at radius 1 is 0.771 bits per heavy atom. The Hall–Kier alpha value is -3.26. The van der Waals surface area contributed by atoms with Gasteiger partial charge in [-0.1, -0.05) is 108 Å². The molecule has 4 rings (SSSR count). The summed E-state index contributed by atoms with van der Waals surface area (Å²) < 4.78 is 0. The fourth-order valence-corrected chi connectivity index (χ4v) is 4.51. The molecule has 2 heteroatoms. The van der Waals surface area contributed by atoms with E-state index < -0.39 is 0 Å². The molecule has 35 heavy (non-hydrogen) atoms. The van der Waals surface area contributed by atoms with Gasteiger partial charge in [0.15, 0.2) is 0 Å². The minimum Gasteiger partial charge on any atom is -0.298 e. The quantitative estimate of drug-likeness (QED) is 0.340. The molecule has 0 fully saturated rings. The number of nitrogens with one attached hydrogen (secondary N) is 1. The van der Waals surface area contributed by atoms with Crippen molar-refractivity contribution in [3.8, 4) is 0 Å². The molecule has 1 aliphatic rings. The minimum atomic E-state index is 0.140. The first-order chi connectivity index (χ1) is 16.9. The number of hydrazine groups is 1. The molecule has 1 N–H and O–H groups in total. The number of nitrogens with zero attached hydrogens (tertiary/aromatic N) is 1. The lowest BCUT2D eigenvalue weighted by atomic mass is 9.98. The highest BCUT2D eigenvalue weighted by molar-refractivity contribution is 5.58. The third kappa shape index (κ3) is 6.25. The molecule has 0 spiro atoms. The van der Waals surface area contributed by atoms with Crippen molar-refractivity contribution in [3.63, 3.8) is 0 Å². The third-order valence-corrected chi connectivity index (χ3v) is 6.90. The second-order valence-corrected chi connectivity index (χ2v) is 10.3. The fourth-order valence-electron chi connectivity index (χ4n) is 4.51. The lowest BCUT2D eigenvalue weighted by Gasteiger charge is -2.28. The van der Waals surface area contributed by atoms with E-state index in [1.807, 2.05) is 0 Å². The molecular formula is C33H40N2. The van der Waals surface area contributed by atoms with Gasteiger partial charge in [-0.05, 0) is 76.8 Å². The average molecular weight is 465 g/mol. The molecule has 1 atom stereocenters. The Kier molecular flexibility index (Phi) is 8.13. The van der Waals surface area contributed by atoms with Crippen LogP contribution in [0.4, 0.5) is 5.69 Å². The van der Waals surface area contributed by atoms with Crippen molar-refractivity contribution in [1.29, 1.82) is 0 Å². The Morgan fingerprint density at radius 2 is 1.37 bits per heavy atom. The van der Waals surface area contributed by atoms with Gasteiger partial charge >= 0.3 is 0 Å².